The third-order valence-electron chi connectivity index (χ3n) is 5.17. The van der Waals surface area contributed by atoms with E-state index < -0.39 is 0 Å². The molecule has 0 bridgehead atoms. The van der Waals surface area contributed by atoms with Crippen LogP contribution in [0.15, 0.2) is 43.2 Å². The second kappa shape index (κ2) is 7.69. The Balaban J connectivity index is 1.35. The predicted octanol–water partition coefficient (Wildman–Crippen LogP) is 1.40. The molecule has 27 heavy (non-hydrogen) atoms. The topological polar surface area (TPSA) is 81.7 Å². The average Bonchev–Trinajstić information content (AvgIpc) is 3.34. The van der Waals surface area contributed by atoms with Crippen molar-refractivity contribution in [3.63, 3.8) is 0 Å². The number of amides is 1. The molecule has 4 rings (SSSR count). The second-order valence-corrected chi connectivity index (χ2v) is 6.96. The highest BCUT2D eigenvalue weighted by atomic mass is 16.2. The summed E-state index contributed by atoms with van der Waals surface area (Å²) in [5, 5.41) is 8.78. The highest BCUT2D eigenvalue weighted by molar-refractivity contribution is 5.78. The molecule has 0 saturated carbocycles. The first kappa shape index (κ1) is 17.4. The van der Waals surface area contributed by atoms with Crippen molar-refractivity contribution in [2.75, 3.05) is 13.1 Å². The Labute approximate surface area is 157 Å². The highest BCUT2D eigenvalue weighted by Gasteiger charge is 2.27. The van der Waals surface area contributed by atoms with Crippen LogP contribution in [-0.2, 0) is 24.8 Å². The van der Waals surface area contributed by atoms with Crippen LogP contribution in [0.2, 0.25) is 0 Å². The summed E-state index contributed by atoms with van der Waals surface area (Å²) in [5.74, 6) is 2.42. The van der Waals surface area contributed by atoms with Crippen LogP contribution in [-0.4, -0.2) is 53.2 Å². The van der Waals surface area contributed by atoms with Crippen LogP contribution in [0, 0.1) is 0 Å². The molecule has 0 aliphatic carbocycles. The van der Waals surface area contributed by atoms with Gasteiger partial charge < -0.3 is 14.0 Å². The maximum absolute atomic E-state index is 12.5. The Morgan fingerprint density at radius 3 is 2.74 bits per heavy atom. The number of nitrogens with zero attached hydrogens (tertiary/aromatic N) is 7. The van der Waals surface area contributed by atoms with Gasteiger partial charge in [-0.15, -0.1) is 10.2 Å². The summed E-state index contributed by atoms with van der Waals surface area (Å²) < 4.78 is 4.06. The van der Waals surface area contributed by atoms with Crippen molar-refractivity contribution in [2.45, 2.75) is 31.7 Å². The van der Waals surface area contributed by atoms with Crippen LogP contribution in [0.5, 0.6) is 0 Å². The van der Waals surface area contributed by atoms with Crippen molar-refractivity contribution >= 4 is 5.91 Å². The van der Waals surface area contributed by atoms with E-state index in [0.29, 0.717) is 18.9 Å². The lowest BCUT2D eigenvalue weighted by Gasteiger charge is -2.31. The zero-order chi connectivity index (χ0) is 18.6. The zero-order valence-corrected chi connectivity index (χ0v) is 15.4. The predicted molar refractivity (Wildman–Crippen MR) is 98.8 cm³/mol. The summed E-state index contributed by atoms with van der Waals surface area (Å²) in [7, 11) is 2.02. The van der Waals surface area contributed by atoms with E-state index in [4.69, 9.17) is 0 Å². The molecule has 1 aliphatic rings. The summed E-state index contributed by atoms with van der Waals surface area (Å²) in [6.45, 7) is 2.17. The maximum atomic E-state index is 12.5. The summed E-state index contributed by atoms with van der Waals surface area (Å²) in [5.41, 5.74) is 0.960. The van der Waals surface area contributed by atoms with Crippen molar-refractivity contribution in [2.24, 2.45) is 7.05 Å². The van der Waals surface area contributed by atoms with Crippen LogP contribution in [0.3, 0.4) is 0 Å². The van der Waals surface area contributed by atoms with Crippen molar-refractivity contribution in [3.8, 4) is 0 Å². The van der Waals surface area contributed by atoms with E-state index in [1.54, 1.807) is 24.9 Å². The molecule has 8 nitrogen and oxygen atoms in total. The number of aromatic nitrogens is 6. The molecule has 3 aromatic heterocycles. The quantitative estimate of drug-likeness (QED) is 0.683. The first-order valence-corrected chi connectivity index (χ1v) is 9.21. The molecule has 4 heterocycles. The van der Waals surface area contributed by atoms with Gasteiger partial charge in [-0.05, 0) is 24.5 Å². The molecular formula is C19H23N7O. The minimum absolute atomic E-state index is 0.167. The molecule has 1 aliphatic heterocycles. The number of carbonyl (C=O) groups excluding carboxylic acids is 1. The molecule has 140 valence electrons. The normalized spacial score (nSPS) is 15.2. The molecule has 0 spiro atoms. The Kier molecular flexibility index (Phi) is 4.95. The number of hydrogen-bond donors (Lipinski definition) is 0. The monoisotopic (exact) mass is 365 g/mol. The fourth-order valence-electron chi connectivity index (χ4n) is 3.59. The standard InChI is InChI=1S/C19H23N7O/c1-24-17(13-25-10-7-21-14-25)22-23-19(24)16-4-8-26(9-5-16)18(27)11-15-3-2-6-20-12-15/h2-3,6-7,10,12,14,16H,4-5,8-9,11,13H2,1H3. The van der Waals surface area contributed by atoms with Gasteiger partial charge in [-0.25, -0.2) is 4.98 Å². The fraction of sp³-hybridized carbons (Fsp3) is 0.421. The smallest absolute Gasteiger partial charge is 0.227 e. The Morgan fingerprint density at radius 2 is 2.04 bits per heavy atom. The van der Waals surface area contributed by atoms with Gasteiger partial charge in [0.1, 0.15) is 5.82 Å². The molecule has 1 fully saturated rings. The van der Waals surface area contributed by atoms with Crippen molar-refractivity contribution < 1.29 is 4.79 Å². The summed E-state index contributed by atoms with van der Waals surface area (Å²) >= 11 is 0. The van der Waals surface area contributed by atoms with Gasteiger partial charge in [0.05, 0.1) is 19.3 Å². The lowest BCUT2D eigenvalue weighted by Crippen LogP contribution is -2.39. The SMILES string of the molecule is Cn1c(Cn2ccnc2)nnc1C1CCN(C(=O)Cc2cccnc2)CC1. The van der Waals surface area contributed by atoms with Gasteiger partial charge in [-0.3, -0.25) is 9.78 Å². The summed E-state index contributed by atoms with van der Waals surface area (Å²) in [6, 6.07) is 3.81. The number of likely N-dealkylation sites (tertiary alicyclic amines) is 1. The summed E-state index contributed by atoms with van der Waals surface area (Å²) in [4.78, 5) is 22.6. The first-order chi connectivity index (χ1) is 13.2. The van der Waals surface area contributed by atoms with Crippen molar-refractivity contribution in [3.05, 3.63) is 60.5 Å². The molecule has 0 atom stereocenters. The van der Waals surface area contributed by atoms with Gasteiger partial charge in [0.2, 0.25) is 5.91 Å². The molecular weight excluding hydrogens is 342 g/mol. The number of carbonyl (C=O) groups is 1. The maximum Gasteiger partial charge on any atom is 0.227 e. The van der Waals surface area contributed by atoms with E-state index in [1.807, 2.05) is 34.8 Å². The summed E-state index contributed by atoms with van der Waals surface area (Å²) in [6.07, 6.45) is 11.2. The molecule has 0 N–H and O–H groups in total. The van der Waals surface area contributed by atoms with Crippen LogP contribution in [0.4, 0.5) is 0 Å². The Hall–Kier alpha value is -3.03. The number of hydrogen-bond acceptors (Lipinski definition) is 5. The number of piperidine rings is 1. The molecule has 0 radical (unpaired) electrons. The van der Waals surface area contributed by atoms with Crippen LogP contribution < -0.4 is 0 Å². The third kappa shape index (κ3) is 3.89. The molecule has 8 heteroatoms. The molecule has 1 saturated heterocycles. The lowest BCUT2D eigenvalue weighted by molar-refractivity contribution is -0.131. The van der Waals surface area contributed by atoms with E-state index >= 15 is 0 Å². The molecule has 1 amide bonds. The van der Waals surface area contributed by atoms with Crippen LogP contribution in [0.25, 0.3) is 0 Å². The van der Waals surface area contributed by atoms with Gasteiger partial charge in [0, 0.05) is 50.8 Å². The highest BCUT2D eigenvalue weighted by Crippen LogP contribution is 2.27. The first-order valence-electron chi connectivity index (χ1n) is 9.21. The zero-order valence-electron chi connectivity index (χ0n) is 15.4. The fourth-order valence-corrected chi connectivity index (χ4v) is 3.59. The van der Waals surface area contributed by atoms with Gasteiger partial charge in [-0.2, -0.15) is 0 Å². The van der Waals surface area contributed by atoms with E-state index in [0.717, 1.165) is 43.1 Å². The third-order valence-corrected chi connectivity index (χ3v) is 5.17. The van der Waals surface area contributed by atoms with E-state index in [1.165, 1.54) is 0 Å². The molecule has 0 aromatic carbocycles. The van der Waals surface area contributed by atoms with Gasteiger partial charge in [0.15, 0.2) is 5.82 Å². The number of imidazole rings is 1. The van der Waals surface area contributed by atoms with Crippen molar-refractivity contribution in [1.29, 1.82) is 0 Å². The van der Waals surface area contributed by atoms with E-state index in [9.17, 15) is 4.79 Å². The number of pyridine rings is 1. The van der Waals surface area contributed by atoms with E-state index in [2.05, 4.69) is 24.7 Å². The van der Waals surface area contributed by atoms with Crippen LogP contribution in [0.1, 0.15) is 36.0 Å². The average molecular weight is 365 g/mol. The van der Waals surface area contributed by atoms with Crippen LogP contribution >= 0.6 is 0 Å². The largest absolute Gasteiger partial charge is 0.342 e. The van der Waals surface area contributed by atoms with Gasteiger partial charge in [0.25, 0.3) is 0 Å². The second-order valence-electron chi connectivity index (χ2n) is 6.96. The van der Waals surface area contributed by atoms with Gasteiger partial charge >= 0.3 is 0 Å². The molecule has 0 unspecified atom stereocenters. The minimum atomic E-state index is 0.167. The Bertz CT molecular complexity index is 880. The minimum Gasteiger partial charge on any atom is -0.342 e. The molecule has 3 aromatic rings. The Morgan fingerprint density at radius 1 is 1.19 bits per heavy atom. The number of rotatable bonds is 5. The van der Waals surface area contributed by atoms with Gasteiger partial charge in [-0.1, -0.05) is 6.07 Å². The van der Waals surface area contributed by atoms with Crippen molar-refractivity contribution in [1.82, 2.24) is 34.2 Å². The van der Waals surface area contributed by atoms with E-state index in [-0.39, 0.29) is 5.91 Å². The lowest BCUT2D eigenvalue weighted by atomic mass is 9.95.